The zero-order valence-electron chi connectivity index (χ0n) is 13.2. The van der Waals surface area contributed by atoms with E-state index in [1.54, 1.807) is 0 Å². The minimum atomic E-state index is -0.0775. The van der Waals surface area contributed by atoms with Crippen LogP contribution >= 0.6 is 0 Å². The molecule has 1 unspecified atom stereocenters. The largest absolute Gasteiger partial charge is 0.381 e. The molecule has 0 aromatic heterocycles. The van der Waals surface area contributed by atoms with Crippen molar-refractivity contribution in [3.63, 3.8) is 0 Å². The Balaban J connectivity index is 2.06. The van der Waals surface area contributed by atoms with Crippen LogP contribution in [0.2, 0.25) is 0 Å². The van der Waals surface area contributed by atoms with Gasteiger partial charge in [-0.2, -0.15) is 0 Å². The lowest BCUT2D eigenvalue weighted by Gasteiger charge is -2.12. The van der Waals surface area contributed by atoms with Crippen molar-refractivity contribution >= 4 is 5.91 Å². The van der Waals surface area contributed by atoms with E-state index < -0.39 is 0 Å². The van der Waals surface area contributed by atoms with Crippen molar-refractivity contribution in [2.75, 3.05) is 19.8 Å². The third kappa shape index (κ3) is 8.48. The van der Waals surface area contributed by atoms with Crippen molar-refractivity contribution in [3.05, 3.63) is 35.9 Å². The van der Waals surface area contributed by atoms with Gasteiger partial charge in [0.25, 0.3) is 0 Å². The minimum Gasteiger partial charge on any atom is -0.381 e. The fourth-order valence-electron chi connectivity index (χ4n) is 1.96. The van der Waals surface area contributed by atoms with E-state index in [-0.39, 0.29) is 11.9 Å². The van der Waals surface area contributed by atoms with Crippen molar-refractivity contribution in [1.29, 1.82) is 0 Å². The highest BCUT2D eigenvalue weighted by molar-refractivity contribution is 5.75. The van der Waals surface area contributed by atoms with Gasteiger partial charge >= 0.3 is 0 Å². The predicted octanol–water partition coefficient (Wildman–Crippen LogP) is 2.65. The van der Waals surface area contributed by atoms with E-state index in [0.29, 0.717) is 31.9 Å². The normalized spacial score (nSPS) is 12.4. The number of ether oxygens (including phenoxy) is 1. The summed E-state index contributed by atoms with van der Waals surface area (Å²) in [4.78, 5) is 11.7. The second-order valence-electron chi connectivity index (χ2n) is 5.73. The van der Waals surface area contributed by atoms with Crippen LogP contribution in [0.25, 0.3) is 0 Å². The molecule has 0 aliphatic rings. The maximum atomic E-state index is 11.7. The van der Waals surface area contributed by atoms with Crippen LogP contribution in [-0.2, 0) is 9.53 Å². The molecule has 4 heteroatoms. The van der Waals surface area contributed by atoms with Crippen LogP contribution in [0.15, 0.2) is 30.3 Å². The Morgan fingerprint density at radius 3 is 2.67 bits per heavy atom. The lowest BCUT2D eigenvalue weighted by atomic mass is 10.0. The van der Waals surface area contributed by atoms with Gasteiger partial charge in [0.05, 0.1) is 0 Å². The molecule has 1 aromatic carbocycles. The van der Waals surface area contributed by atoms with Gasteiger partial charge in [0.15, 0.2) is 0 Å². The second-order valence-corrected chi connectivity index (χ2v) is 5.73. The van der Waals surface area contributed by atoms with Crippen LogP contribution in [0.5, 0.6) is 0 Å². The SMILES string of the molecule is CC(C)COCCCNC(=O)CCC(N)c1ccccc1. The van der Waals surface area contributed by atoms with Gasteiger partial charge < -0.3 is 15.8 Å². The Labute approximate surface area is 128 Å². The van der Waals surface area contributed by atoms with Gasteiger partial charge in [-0.05, 0) is 24.3 Å². The van der Waals surface area contributed by atoms with E-state index >= 15 is 0 Å². The fourth-order valence-corrected chi connectivity index (χ4v) is 1.96. The molecular formula is C17H28N2O2. The molecule has 0 bridgehead atoms. The molecule has 0 aliphatic heterocycles. The van der Waals surface area contributed by atoms with E-state index in [4.69, 9.17) is 10.5 Å². The Bertz CT molecular complexity index is 393. The molecule has 3 N–H and O–H groups in total. The molecule has 0 fully saturated rings. The second kappa shape index (κ2) is 10.4. The summed E-state index contributed by atoms with van der Waals surface area (Å²) in [5.74, 6) is 0.615. The summed E-state index contributed by atoms with van der Waals surface area (Å²) >= 11 is 0. The number of hydrogen-bond acceptors (Lipinski definition) is 3. The summed E-state index contributed by atoms with van der Waals surface area (Å²) in [7, 11) is 0. The quantitative estimate of drug-likeness (QED) is 0.652. The zero-order valence-corrected chi connectivity index (χ0v) is 13.2. The summed E-state index contributed by atoms with van der Waals surface area (Å²) in [5.41, 5.74) is 7.14. The highest BCUT2D eigenvalue weighted by Gasteiger charge is 2.08. The van der Waals surface area contributed by atoms with Crippen LogP contribution in [-0.4, -0.2) is 25.7 Å². The van der Waals surface area contributed by atoms with E-state index in [1.807, 2.05) is 30.3 Å². The van der Waals surface area contributed by atoms with Gasteiger partial charge in [-0.15, -0.1) is 0 Å². The molecule has 1 aromatic rings. The van der Waals surface area contributed by atoms with Gasteiger partial charge in [-0.25, -0.2) is 0 Å². The van der Waals surface area contributed by atoms with Crippen LogP contribution in [0.4, 0.5) is 0 Å². The zero-order chi connectivity index (χ0) is 15.5. The topological polar surface area (TPSA) is 64.3 Å². The van der Waals surface area contributed by atoms with E-state index in [2.05, 4.69) is 19.2 Å². The molecule has 1 rings (SSSR count). The Morgan fingerprint density at radius 1 is 1.29 bits per heavy atom. The maximum Gasteiger partial charge on any atom is 0.220 e. The molecule has 0 saturated heterocycles. The standard InChI is InChI=1S/C17H28N2O2/c1-14(2)13-21-12-6-11-19-17(20)10-9-16(18)15-7-4-3-5-8-15/h3-5,7-8,14,16H,6,9-13,18H2,1-2H3,(H,19,20). The fraction of sp³-hybridized carbons (Fsp3) is 0.588. The van der Waals surface area contributed by atoms with Gasteiger partial charge in [0.2, 0.25) is 5.91 Å². The van der Waals surface area contributed by atoms with E-state index in [0.717, 1.165) is 18.6 Å². The number of nitrogens with two attached hydrogens (primary N) is 1. The van der Waals surface area contributed by atoms with Crippen molar-refractivity contribution in [1.82, 2.24) is 5.32 Å². The molecule has 0 aliphatic carbocycles. The summed E-state index contributed by atoms with van der Waals surface area (Å²) in [6.45, 7) is 6.38. The molecule has 4 nitrogen and oxygen atoms in total. The summed E-state index contributed by atoms with van der Waals surface area (Å²) < 4.78 is 5.46. The first-order valence-electron chi connectivity index (χ1n) is 7.74. The van der Waals surface area contributed by atoms with Crippen molar-refractivity contribution < 1.29 is 9.53 Å². The van der Waals surface area contributed by atoms with Gasteiger partial charge in [-0.3, -0.25) is 4.79 Å². The van der Waals surface area contributed by atoms with Crippen molar-refractivity contribution in [3.8, 4) is 0 Å². The lowest BCUT2D eigenvalue weighted by Crippen LogP contribution is -2.26. The first kappa shape index (κ1) is 17.7. The minimum absolute atomic E-state index is 0.0604. The van der Waals surface area contributed by atoms with Gasteiger partial charge in [0, 0.05) is 32.2 Å². The van der Waals surface area contributed by atoms with Crippen LogP contribution in [0.1, 0.15) is 44.7 Å². The Hall–Kier alpha value is -1.39. The third-order valence-electron chi connectivity index (χ3n) is 3.15. The molecule has 0 spiro atoms. The van der Waals surface area contributed by atoms with Gasteiger partial charge in [0.1, 0.15) is 0 Å². The first-order chi connectivity index (χ1) is 10.1. The van der Waals surface area contributed by atoms with Crippen molar-refractivity contribution in [2.24, 2.45) is 11.7 Å². The number of benzene rings is 1. The summed E-state index contributed by atoms with van der Waals surface area (Å²) in [6, 6.07) is 9.80. The smallest absolute Gasteiger partial charge is 0.220 e. The summed E-state index contributed by atoms with van der Waals surface area (Å²) in [5, 5.41) is 2.90. The number of hydrogen-bond donors (Lipinski definition) is 2. The Morgan fingerprint density at radius 2 is 2.00 bits per heavy atom. The van der Waals surface area contributed by atoms with Crippen LogP contribution in [0, 0.1) is 5.92 Å². The molecule has 21 heavy (non-hydrogen) atoms. The number of amides is 1. The highest BCUT2D eigenvalue weighted by Crippen LogP contribution is 2.14. The Kier molecular flexibility index (Phi) is 8.71. The van der Waals surface area contributed by atoms with E-state index in [9.17, 15) is 4.79 Å². The lowest BCUT2D eigenvalue weighted by molar-refractivity contribution is -0.121. The molecule has 1 amide bonds. The van der Waals surface area contributed by atoms with Gasteiger partial charge in [-0.1, -0.05) is 44.2 Å². The molecule has 118 valence electrons. The third-order valence-corrected chi connectivity index (χ3v) is 3.15. The molecule has 0 heterocycles. The number of carbonyl (C=O) groups is 1. The van der Waals surface area contributed by atoms with Crippen LogP contribution < -0.4 is 11.1 Å². The highest BCUT2D eigenvalue weighted by atomic mass is 16.5. The first-order valence-corrected chi connectivity index (χ1v) is 7.74. The average molecular weight is 292 g/mol. The summed E-state index contributed by atoms with van der Waals surface area (Å²) in [6.07, 6.45) is 1.98. The molecule has 1 atom stereocenters. The number of rotatable bonds is 10. The maximum absolute atomic E-state index is 11.7. The van der Waals surface area contributed by atoms with E-state index in [1.165, 1.54) is 0 Å². The molecule has 0 saturated carbocycles. The number of carbonyl (C=O) groups excluding carboxylic acids is 1. The molecule has 0 radical (unpaired) electrons. The average Bonchev–Trinajstić information content (AvgIpc) is 2.49. The van der Waals surface area contributed by atoms with Crippen molar-refractivity contribution in [2.45, 2.75) is 39.2 Å². The monoisotopic (exact) mass is 292 g/mol. The molecular weight excluding hydrogens is 264 g/mol. The predicted molar refractivity (Wildman–Crippen MR) is 85.9 cm³/mol. The number of nitrogens with one attached hydrogen (secondary N) is 1. The van der Waals surface area contributed by atoms with Crippen LogP contribution in [0.3, 0.4) is 0 Å².